The van der Waals surface area contributed by atoms with E-state index in [1.165, 1.54) is 34.7 Å². The minimum atomic E-state index is -0.304. The van der Waals surface area contributed by atoms with E-state index in [4.69, 9.17) is 0 Å². The van der Waals surface area contributed by atoms with Crippen molar-refractivity contribution in [2.75, 3.05) is 5.75 Å². The van der Waals surface area contributed by atoms with E-state index in [1.807, 2.05) is 0 Å². The first-order valence-electron chi connectivity index (χ1n) is 9.51. The van der Waals surface area contributed by atoms with Crippen molar-refractivity contribution in [3.05, 3.63) is 75.6 Å². The van der Waals surface area contributed by atoms with Gasteiger partial charge in [0, 0.05) is 11.8 Å². The van der Waals surface area contributed by atoms with Crippen LogP contribution in [0.25, 0.3) is 10.8 Å². The Morgan fingerprint density at radius 3 is 2.67 bits per heavy atom. The normalized spacial score (nSPS) is 18.6. The van der Waals surface area contributed by atoms with E-state index in [-0.39, 0.29) is 17.4 Å². The van der Waals surface area contributed by atoms with Crippen LogP contribution in [-0.2, 0) is 11.2 Å². The summed E-state index contributed by atoms with van der Waals surface area (Å²) in [6.07, 6.45) is 3.12. The number of rotatable bonds is 4. The summed E-state index contributed by atoms with van der Waals surface area (Å²) in [5.74, 6) is 1.30. The third-order valence-corrected chi connectivity index (χ3v) is 6.91. The van der Waals surface area contributed by atoms with Crippen molar-refractivity contribution in [3.63, 3.8) is 0 Å². The van der Waals surface area contributed by atoms with Crippen LogP contribution in [0.3, 0.4) is 0 Å². The molecular formula is C23H21NO2S. The zero-order valence-corrected chi connectivity index (χ0v) is 16.1. The molecule has 1 aromatic heterocycles. The summed E-state index contributed by atoms with van der Waals surface area (Å²) in [6.45, 7) is 1.59. The van der Waals surface area contributed by atoms with Gasteiger partial charge in [-0.3, -0.25) is 14.2 Å². The van der Waals surface area contributed by atoms with Gasteiger partial charge in [-0.25, -0.2) is 0 Å². The fourth-order valence-electron chi connectivity index (χ4n) is 4.24. The van der Waals surface area contributed by atoms with Crippen molar-refractivity contribution in [1.29, 1.82) is 0 Å². The molecule has 2 aromatic carbocycles. The summed E-state index contributed by atoms with van der Waals surface area (Å²) in [5, 5.41) is 3.52. The van der Waals surface area contributed by atoms with Crippen LogP contribution in [0.2, 0.25) is 0 Å². The van der Waals surface area contributed by atoms with Gasteiger partial charge in [-0.05, 0) is 59.6 Å². The lowest BCUT2D eigenvalue weighted by molar-refractivity contribution is -0.119. The quantitative estimate of drug-likeness (QED) is 0.663. The summed E-state index contributed by atoms with van der Waals surface area (Å²) < 4.78 is 1.76. The third-order valence-electron chi connectivity index (χ3n) is 5.74. The largest absolute Gasteiger partial charge is 0.298 e. The van der Waals surface area contributed by atoms with E-state index in [0.717, 1.165) is 17.0 Å². The van der Waals surface area contributed by atoms with Crippen LogP contribution in [0.15, 0.2) is 58.4 Å². The molecular weight excluding hydrogens is 354 g/mol. The van der Waals surface area contributed by atoms with Crippen LogP contribution in [-0.4, -0.2) is 16.1 Å². The molecule has 0 radical (unpaired) electrons. The van der Waals surface area contributed by atoms with Crippen LogP contribution in [0.5, 0.6) is 0 Å². The Labute approximate surface area is 162 Å². The zero-order chi connectivity index (χ0) is 18.5. The highest BCUT2D eigenvalue weighted by atomic mass is 32.2. The number of hydrogen-bond acceptors (Lipinski definition) is 3. The molecule has 0 bridgehead atoms. The highest BCUT2D eigenvalue weighted by Gasteiger charge is 2.36. The van der Waals surface area contributed by atoms with Gasteiger partial charge in [0.05, 0.1) is 5.03 Å². The maximum atomic E-state index is 12.9. The predicted octanol–water partition coefficient (Wildman–Crippen LogP) is 4.71. The Kier molecular flexibility index (Phi) is 3.97. The van der Waals surface area contributed by atoms with Gasteiger partial charge in [0.2, 0.25) is 0 Å². The average Bonchev–Trinajstić information content (AvgIpc) is 3.39. The molecule has 1 aliphatic carbocycles. The summed E-state index contributed by atoms with van der Waals surface area (Å²) in [5.41, 5.74) is 3.68. The summed E-state index contributed by atoms with van der Waals surface area (Å²) in [7, 11) is 0. The van der Waals surface area contributed by atoms with Crippen LogP contribution < -0.4 is 5.56 Å². The summed E-state index contributed by atoms with van der Waals surface area (Å²) in [4.78, 5) is 24.9. The fraction of sp³-hybridized carbons (Fsp3) is 0.304. The van der Waals surface area contributed by atoms with Crippen molar-refractivity contribution < 1.29 is 4.79 Å². The Bertz CT molecular complexity index is 1120. The van der Waals surface area contributed by atoms with E-state index in [1.54, 1.807) is 29.3 Å². The molecule has 2 heterocycles. The van der Waals surface area contributed by atoms with Gasteiger partial charge in [-0.2, -0.15) is 0 Å². The lowest BCUT2D eigenvalue weighted by Gasteiger charge is -2.17. The summed E-state index contributed by atoms with van der Waals surface area (Å²) >= 11 is 1.68. The third kappa shape index (κ3) is 2.83. The van der Waals surface area contributed by atoms with E-state index in [9.17, 15) is 9.59 Å². The van der Waals surface area contributed by atoms with Crippen molar-refractivity contribution in [2.45, 2.75) is 43.2 Å². The standard InChI is InChI=1S/C23H21NO2S/c1-14(25)20-13-27-23-22(16-9-10-16)18(12-21(26)24(20)23)11-17-7-4-6-15-5-2-3-8-19(15)17/h2-8,12,16,20H,9-11,13H2,1H3/t20-/m0/s1. The predicted molar refractivity (Wildman–Crippen MR) is 110 cm³/mol. The number of thioether (sulfide) groups is 1. The maximum absolute atomic E-state index is 12.9. The van der Waals surface area contributed by atoms with Gasteiger partial charge in [-0.15, -0.1) is 11.8 Å². The Hall–Kier alpha value is -2.33. The van der Waals surface area contributed by atoms with Crippen LogP contribution >= 0.6 is 11.8 Å². The second-order valence-electron chi connectivity index (χ2n) is 7.62. The molecule has 0 saturated heterocycles. The van der Waals surface area contributed by atoms with Crippen molar-refractivity contribution in [3.8, 4) is 0 Å². The first-order valence-corrected chi connectivity index (χ1v) is 10.5. The van der Waals surface area contributed by atoms with Crippen LogP contribution in [0.4, 0.5) is 0 Å². The molecule has 5 rings (SSSR count). The Balaban J connectivity index is 1.66. The topological polar surface area (TPSA) is 39.1 Å². The van der Waals surface area contributed by atoms with Crippen LogP contribution in [0, 0.1) is 0 Å². The van der Waals surface area contributed by atoms with Crippen molar-refractivity contribution >= 4 is 28.3 Å². The Morgan fingerprint density at radius 2 is 1.89 bits per heavy atom. The Morgan fingerprint density at radius 1 is 1.11 bits per heavy atom. The van der Waals surface area contributed by atoms with Crippen LogP contribution in [0.1, 0.15) is 48.4 Å². The summed E-state index contributed by atoms with van der Waals surface area (Å²) in [6, 6.07) is 16.3. The molecule has 27 heavy (non-hydrogen) atoms. The molecule has 2 aliphatic rings. The van der Waals surface area contributed by atoms with Gasteiger partial charge < -0.3 is 0 Å². The van der Waals surface area contributed by atoms with Crippen molar-refractivity contribution in [2.24, 2.45) is 0 Å². The number of carbonyl (C=O) groups is 1. The van der Waals surface area contributed by atoms with Gasteiger partial charge in [0.1, 0.15) is 6.04 Å². The first kappa shape index (κ1) is 16.8. The van der Waals surface area contributed by atoms with Crippen molar-refractivity contribution in [1.82, 2.24) is 4.57 Å². The minimum Gasteiger partial charge on any atom is -0.298 e. The number of nitrogens with zero attached hydrogens (tertiary/aromatic N) is 1. The molecule has 1 saturated carbocycles. The monoisotopic (exact) mass is 375 g/mol. The number of aromatic nitrogens is 1. The molecule has 0 spiro atoms. The highest BCUT2D eigenvalue weighted by Crippen LogP contribution is 2.48. The highest BCUT2D eigenvalue weighted by molar-refractivity contribution is 7.99. The number of fused-ring (bicyclic) bond motifs is 2. The van der Waals surface area contributed by atoms with E-state index >= 15 is 0 Å². The van der Waals surface area contributed by atoms with Gasteiger partial charge in [0.25, 0.3) is 5.56 Å². The lowest BCUT2D eigenvalue weighted by atomic mass is 9.95. The zero-order valence-electron chi connectivity index (χ0n) is 15.3. The molecule has 0 unspecified atom stereocenters. The number of carbonyl (C=O) groups excluding carboxylic acids is 1. The molecule has 4 heteroatoms. The number of ketones is 1. The maximum Gasteiger partial charge on any atom is 0.252 e. The molecule has 1 atom stereocenters. The molecule has 0 amide bonds. The molecule has 1 fully saturated rings. The molecule has 136 valence electrons. The number of pyridine rings is 1. The minimum absolute atomic E-state index is 0.0326. The smallest absolute Gasteiger partial charge is 0.252 e. The fourth-order valence-corrected chi connectivity index (χ4v) is 5.75. The van der Waals surface area contributed by atoms with Gasteiger partial charge >= 0.3 is 0 Å². The second-order valence-corrected chi connectivity index (χ2v) is 8.63. The first-order chi connectivity index (χ1) is 13.1. The lowest BCUT2D eigenvalue weighted by Crippen LogP contribution is -2.28. The number of benzene rings is 2. The number of Topliss-reactive ketones (excluding diaryl/α,β-unsaturated/α-hetero) is 1. The van der Waals surface area contributed by atoms with E-state index in [2.05, 4.69) is 42.5 Å². The van der Waals surface area contributed by atoms with E-state index < -0.39 is 0 Å². The molecule has 3 nitrogen and oxygen atoms in total. The SMILES string of the molecule is CC(=O)[C@@H]1CSc2c(C3CC3)c(Cc3cccc4ccccc34)cc(=O)n21. The second kappa shape index (κ2) is 6.38. The molecule has 3 aromatic rings. The average molecular weight is 375 g/mol. The number of hydrogen-bond donors (Lipinski definition) is 0. The van der Waals surface area contributed by atoms with Gasteiger partial charge in [-0.1, -0.05) is 42.5 Å². The van der Waals surface area contributed by atoms with Gasteiger partial charge in [0.15, 0.2) is 5.78 Å². The molecule has 1 aliphatic heterocycles. The van der Waals surface area contributed by atoms with E-state index in [0.29, 0.717) is 11.7 Å². The molecule has 0 N–H and O–H groups in total.